The van der Waals surface area contributed by atoms with Gasteiger partial charge in [-0.25, -0.2) is 13.8 Å². The molecule has 178 valence electrons. The van der Waals surface area contributed by atoms with Crippen molar-refractivity contribution in [3.8, 4) is 5.75 Å². The molecule has 2 heterocycles. The van der Waals surface area contributed by atoms with Crippen LogP contribution in [-0.2, 0) is 6.54 Å². The van der Waals surface area contributed by atoms with Gasteiger partial charge in [-0.2, -0.15) is 0 Å². The minimum Gasteiger partial charge on any atom is -0.489 e. The van der Waals surface area contributed by atoms with E-state index in [1.807, 2.05) is 13.8 Å². The smallest absolute Gasteiger partial charge is 0.208 e. The van der Waals surface area contributed by atoms with Gasteiger partial charge in [0.1, 0.15) is 18.2 Å². The summed E-state index contributed by atoms with van der Waals surface area (Å²) in [6, 6.07) is 3.26. The third-order valence-electron chi connectivity index (χ3n) is 5.47. The highest BCUT2D eigenvalue weighted by Gasteiger charge is 2.21. The Morgan fingerprint density at radius 1 is 1.25 bits per heavy atom. The van der Waals surface area contributed by atoms with Gasteiger partial charge in [-0.1, -0.05) is 0 Å². The van der Waals surface area contributed by atoms with Gasteiger partial charge in [-0.15, -0.1) is 24.0 Å². The van der Waals surface area contributed by atoms with Gasteiger partial charge >= 0.3 is 0 Å². The Morgan fingerprint density at radius 2 is 2.00 bits per heavy atom. The van der Waals surface area contributed by atoms with E-state index in [1.165, 1.54) is 12.1 Å². The van der Waals surface area contributed by atoms with Crippen LogP contribution in [0.5, 0.6) is 5.75 Å². The summed E-state index contributed by atoms with van der Waals surface area (Å²) in [6.07, 6.45) is 2.19. The number of ether oxygens (including phenoxy) is 1. The first-order valence-electron chi connectivity index (χ1n) is 10.6. The summed E-state index contributed by atoms with van der Waals surface area (Å²) >= 11 is 0. The number of hydrogen-bond acceptors (Lipinski definition) is 5. The van der Waals surface area contributed by atoms with Crippen LogP contribution < -0.4 is 15.4 Å². The van der Waals surface area contributed by atoms with Gasteiger partial charge in [0.15, 0.2) is 17.5 Å². The largest absolute Gasteiger partial charge is 0.489 e. The summed E-state index contributed by atoms with van der Waals surface area (Å²) in [6.45, 7) is 8.20. The molecule has 0 spiro atoms. The fraction of sp³-hybridized carbons (Fsp3) is 0.545. The van der Waals surface area contributed by atoms with E-state index in [4.69, 9.17) is 9.15 Å². The van der Waals surface area contributed by atoms with Crippen LogP contribution in [0.25, 0.3) is 0 Å². The quantitative estimate of drug-likeness (QED) is 0.221. The molecular weight excluding hydrogens is 531 g/mol. The number of oxazole rings is 1. The van der Waals surface area contributed by atoms with Crippen molar-refractivity contribution in [2.75, 3.05) is 39.8 Å². The zero-order valence-corrected chi connectivity index (χ0v) is 21.1. The fourth-order valence-electron chi connectivity index (χ4n) is 3.53. The summed E-state index contributed by atoms with van der Waals surface area (Å²) in [5, 5.41) is 6.49. The van der Waals surface area contributed by atoms with Gasteiger partial charge in [0.05, 0.1) is 18.8 Å². The van der Waals surface area contributed by atoms with Crippen LogP contribution in [0.4, 0.5) is 8.78 Å². The first-order valence-corrected chi connectivity index (χ1v) is 10.6. The second-order valence-electron chi connectivity index (χ2n) is 7.77. The number of nitrogens with zero attached hydrogens (tertiary/aromatic N) is 3. The van der Waals surface area contributed by atoms with Gasteiger partial charge < -0.3 is 19.8 Å². The van der Waals surface area contributed by atoms with Gasteiger partial charge in [0, 0.05) is 19.7 Å². The Kier molecular flexibility index (Phi) is 10.6. The van der Waals surface area contributed by atoms with Crippen molar-refractivity contribution in [1.82, 2.24) is 20.5 Å². The average Bonchev–Trinajstić information content (AvgIpc) is 3.06. The van der Waals surface area contributed by atoms with Crippen molar-refractivity contribution < 1.29 is 17.9 Å². The van der Waals surface area contributed by atoms with Crippen molar-refractivity contribution in [2.45, 2.75) is 33.2 Å². The predicted molar refractivity (Wildman–Crippen MR) is 131 cm³/mol. The van der Waals surface area contributed by atoms with Crippen LogP contribution in [-0.4, -0.2) is 55.7 Å². The highest BCUT2D eigenvalue weighted by molar-refractivity contribution is 14.0. The Morgan fingerprint density at radius 3 is 2.62 bits per heavy atom. The maximum atomic E-state index is 13.6. The predicted octanol–water partition coefficient (Wildman–Crippen LogP) is 3.64. The Labute approximate surface area is 205 Å². The lowest BCUT2D eigenvalue weighted by atomic mass is 9.97. The highest BCUT2D eigenvalue weighted by atomic mass is 127. The molecule has 3 rings (SSSR count). The minimum absolute atomic E-state index is 0. The monoisotopic (exact) mass is 563 g/mol. The molecule has 1 aromatic carbocycles. The molecule has 7 nitrogen and oxygen atoms in total. The molecule has 0 amide bonds. The van der Waals surface area contributed by atoms with E-state index in [2.05, 4.69) is 25.5 Å². The van der Waals surface area contributed by atoms with E-state index in [1.54, 1.807) is 7.05 Å². The Hall–Kier alpha value is -1.95. The number of nitrogens with one attached hydrogen (secondary N) is 2. The van der Waals surface area contributed by atoms with Crippen LogP contribution >= 0.6 is 24.0 Å². The zero-order chi connectivity index (χ0) is 22.2. The molecule has 10 heteroatoms. The summed E-state index contributed by atoms with van der Waals surface area (Å²) in [5.41, 5.74) is 0.959. The number of halogens is 3. The lowest BCUT2D eigenvalue weighted by molar-refractivity contribution is 0.164. The van der Waals surface area contributed by atoms with E-state index in [-0.39, 0.29) is 36.3 Å². The van der Waals surface area contributed by atoms with Crippen molar-refractivity contribution in [1.29, 1.82) is 0 Å². The van der Waals surface area contributed by atoms with Crippen molar-refractivity contribution in [3.63, 3.8) is 0 Å². The van der Waals surface area contributed by atoms with Gasteiger partial charge in [0.2, 0.25) is 5.89 Å². The minimum atomic E-state index is -0.707. The molecule has 1 saturated heterocycles. The van der Waals surface area contributed by atoms with E-state index in [0.29, 0.717) is 18.4 Å². The number of piperidine rings is 1. The van der Waals surface area contributed by atoms with Crippen LogP contribution in [0.3, 0.4) is 0 Å². The number of rotatable bonds is 8. The topological polar surface area (TPSA) is 74.9 Å². The first-order chi connectivity index (χ1) is 14.9. The van der Waals surface area contributed by atoms with Gasteiger partial charge in [-0.3, -0.25) is 9.89 Å². The molecule has 0 saturated carbocycles. The van der Waals surface area contributed by atoms with Crippen LogP contribution in [0, 0.1) is 31.4 Å². The second kappa shape index (κ2) is 12.9. The molecule has 0 unspecified atom stereocenters. The van der Waals surface area contributed by atoms with Crippen molar-refractivity contribution in [2.24, 2.45) is 10.9 Å². The summed E-state index contributed by atoms with van der Waals surface area (Å²) in [5.74, 6) is 1.62. The fourth-order valence-corrected chi connectivity index (χ4v) is 3.53. The molecule has 1 aliphatic heterocycles. The summed E-state index contributed by atoms with van der Waals surface area (Å²) in [7, 11) is 1.71. The van der Waals surface area contributed by atoms with Crippen molar-refractivity contribution in [3.05, 3.63) is 47.2 Å². The lowest BCUT2D eigenvalue weighted by Crippen LogP contribution is -2.43. The van der Waals surface area contributed by atoms with E-state index < -0.39 is 11.6 Å². The molecule has 32 heavy (non-hydrogen) atoms. The SMILES string of the molecule is CN=C(NCCOc1ccc(F)cc1F)NCC1CCN(Cc2nc(C)c(C)o2)CC1.I. The molecule has 1 aromatic heterocycles. The molecule has 0 radical (unpaired) electrons. The number of aliphatic imine (C=N–C) groups is 1. The standard InChI is InChI=1S/C22H31F2N5O2.HI/c1-15-16(2)31-21(28-15)14-29-9-6-17(7-10-29)13-27-22(25-3)26-8-11-30-20-5-4-18(23)12-19(20)24;/h4-5,12,17H,6-11,13-14H2,1-3H3,(H2,25,26,27);1H. The molecule has 0 bridgehead atoms. The van der Waals surface area contributed by atoms with Crippen LogP contribution in [0.2, 0.25) is 0 Å². The van der Waals surface area contributed by atoms with E-state index >= 15 is 0 Å². The van der Waals surface area contributed by atoms with Gasteiger partial charge in [0.25, 0.3) is 0 Å². The first kappa shape index (κ1) is 26.3. The maximum Gasteiger partial charge on any atom is 0.208 e. The number of aromatic nitrogens is 1. The van der Waals surface area contributed by atoms with Crippen molar-refractivity contribution >= 4 is 29.9 Å². The summed E-state index contributed by atoms with van der Waals surface area (Å²) in [4.78, 5) is 11.1. The highest BCUT2D eigenvalue weighted by Crippen LogP contribution is 2.19. The van der Waals surface area contributed by atoms with E-state index in [9.17, 15) is 8.78 Å². The molecule has 1 fully saturated rings. The number of benzene rings is 1. The Balaban J connectivity index is 0.00000363. The molecule has 0 aliphatic carbocycles. The summed E-state index contributed by atoms with van der Waals surface area (Å²) < 4.78 is 37.5. The second-order valence-corrected chi connectivity index (χ2v) is 7.77. The van der Waals surface area contributed by atoms with Gasteiger partial charge in [-0.05, 0) is 57.8 Å². The lowest BCUT2D eigenvalue weighted by Gasteiger charge is -2.31. The maximum absolute atomic E-state index is 13.6. The molecule has 1 aliphatic rings. The number of aryl methyl sites for hydroxylation is 2. The number of hydrogen-bond donors (Lipinski definition) is 2. The third-order valence-corrected chi connectivity index (χ3v) is 5.47. The van der Waals surface area contributed by atoms with Crippen LogP contribution in [0.1, 0.15) is 30.2 Å². The molecule has 2 N–H and O–H groups in total. The normalized spacial score (nSPS) is 15.3. The van der Waals surface area contributed by atoms with Crippen LogP contribution in [0.15, 0.2) is 27.6 Å². The van der Waals surface area contributed by atoms with E-state index in [0.717, 1.165) is 62.4 Å². The number of guanidine groups is 1. The molecule has 0 atom stereocenters. The Bertz CT molecular complexity index is 866. The number of likely N-dealkylation sites (tertiary alicyclic amines) is 1. The molecule has 2 aromatic rings. The average molecular weight is 563 g/mol. The zero-order valence-electron chi connectivity index (χ0n) is 18.8. The molecular formula is C22H32F2IN5O2. The third kappa shape index (κ3) is 7.88.